The number of halogens is 3. The van der Waals surface area contributed by atoms with E-state index in [1.165, 1.54) is 4.31 Å². The number of nitrogens with one attached hydrogen (secondary N) is 1. The summed E-state index contributed by atoms with van der Waals surface area (Å²) in [6.07, 6.45) is 1.60. The molecule has 1 N–H and O–H groups in total. The first-order chi connectivity index (χ1) is 12.2. The van der Waals surface area contributed by atoms with Gasteiger partial charge in [-0.15, -0.1) is 0 Å². The Balaban J connectivity index is 1.96. The molecule has 2 aromatic carbocycles. The lowest BCUT2D eigenvalue weighted by Gasteiger charge is -2.22. The molecular weight excluding hydrogens is 419 g/mol. The highest BCUT2D eigenvalue weighted by Gasteiger charge is 2.18. The third-order valence-electron chi connectivity index (χ3n) is 3.46. The Morgan fingerprint density at radius 3 is 2.42 bits per heavy atom. The van der Waals surface area contributed by atoms with E-state index >= 15 is 0 Å². The number of nitrogens with zero attached hydrogens (tertiary/aromatic N) is 1. The van der Waals surface area contributed by atoms with Gasteiger partial charge in [0.05, 0.1) is 22.0 Å². The van der Waals surface area contributed by atoms with E-state index in [-0.39, 0.29) is 18.9 Å². The quantitative estimate of drug-likeness (QED) is 0.677. The van der Waals surface area contributed by atoms with Crippen LogP contribution in [0.25, 0.3) is 0 Å². The van der Waals surface area contributed by atoms with E-state index in [4.69, 9.17) is 34.8 Å². The van der Waals surface area contributed by atoms with Crippen LogP contribution in [0.15, 0.2) is 42.5 Å². The van der Waals surface area contributed by atoms with Gasteiger partial charge in [0.15, 0.2) is 0 Å². The van der Waals surface area contributed by atoms with Crippen molar-refractivity contribution in [3.05, 3.63) is 57.5 Å². The van der Waals surface area contributed by atoms with Gasteiger partial charge < -0.3 is 5.32 Å². The van der Waals surface area contributed by atoms with Crippen LogP contribution in [0.5, 0.6) is 0 Å². The third-order valence-corrected chi connectivity index (χ3v) is 5.63. The van der Waals surface area contributed by atoms with Gasteiger partial charge in [-0.05, 0) is 42.8 Å². The average Bonchev–Trinajstić information content (AvgIpc) is 2.54. The molecule has 0 fully saturated rings. The fourth-order valence-electron chi connectivity index (χ4n) is 2.30. The van der Waals surface area contributed by atoms with E-state index in [9.17, 15) is 13.2 Å². The van der Waals surface area contributed by atoms with E-state index in [0.717, 1.165) is 6.26 Å². The summed E-state index contributed by atoms with van der Waals surface area (Å²) >= 11 is 17.7. The summed E-state index contributed by atoms with van der Waals surface area (Å²) in [5, 5.41) is 3.88. The van der Waals surface area contributed by atoms with Crippen LogP contribution in [-0.4, -0.2) is 27.1 Å². The summed E-state index contributed by atoms with van der Waals surface area (Å²) in [5.41, 5.74) is 0.990. The van der Waals surface area contributed by atoms with Crippen LogP contribution < -0.4 is 9.62 Å². The van der Waals surface area contributed by atoms with E-state index in [1.807, 2.05) is 0 Å². The van der Waals surface area contributed by atoms with E-state index < -0.39 is 10.0 Å². The molecular formula is C17H17Cl3N2O3S. The lowest BCUT2D eigenvalue weighted by atomic mass is 10.2. The van der Waals surface area contributed by atoms with Crippen molar-refractivity contribution in [2.75, 3.05) is 22.4 Å². The average molecular weight is 436 g/mol. The Morgan fingerprint density at radius 1 is 1.08 bits per heavy atom. The van der Waals surface area contributed by atoms with Gasteiger partial charge >= 0.3 is 0 Å². The summed E-state index contributed by atoms with van der Waals surface area (Å²) in [7, 11) is -3.49. The van der Waals surface area contributed by atoms with Crippen molar-refractivity contribution in [3.63, 3.8) is 0 Å². The summed E-state index contributed by atoms with van der Waals surface area (Å²) < 4.78 is 25.3. The van der Waals surface area contributed by atoms with Gasteiger partial charge in [-0.1, -0.05) is 40.9 Å². The highest BCUT2D eigenvalue weighted by atomic mass is 35.5. The topological polar surface area (TPSA) is 66.5 Å². The Kier molecular flexibility index (Phi) is 7.17. The second-order valence-corrected chi connectivity index (χ2v) is 8.75. The number of sulfonamides is 1. The molecule has 0 aromatic heterocycles. The maximum atomic E-state index is 12.1. The molecule has 0 saturated heterocycles. The first-order valence-electron chi connectivity index (χ1n) is 7.65. The van der Waals surface area contributed by atoms with Crippen LogP contribution in [0.2, 0.25) is 15.1 Å². The molecule has 0 aliphatic rings. The SMILES string of the molecule is CS(=O)(=O)N(CCCC(=O)Nc1ccc(Cl)c(Cl)c1)c1cccc(Cl)c1. The van der Waals surface area contributed by atoms with Gasteiger partial charge in [-0.25, -0.2) is 8.42 Å². The fourth-order valence-corrected chi connectivity index (χ4v) is 3.74. The van der Waals surface area contributed by atoms with Gasteiger partial charge in [0.2, 0.25) is 15.9 Å². The second kappa shape index (κ2) is 8.95. The molecule has 2 rings (SSSR count). The first-order valence-corrected chi connectivity index (χ1v) is 10.6. The predicted octanol–water partition coefficient (Wildman–Crippen LogP) is 4.83. The smallest absolute Gasteiger partial charge is 0.232 e. The highest BCUT2D eigenvalue weighted by Crippen LogP contribution is 2.25. The summed E-state index contributed by atoms with van der Waals surface area (Å²) in [5.74, 6) is -0.247. The fraction of sp³-hybridized carbons (Fsp3) is 0.235. The molecule has 9 heteroatoms. The van der Waals surface area contributed by atoms with Gasteiger partial charge in [0.1, 0.15) is 0 Å². The summed E-state index contributed by atoms with van der Waals surface area (Å²) in [6.45, 7) is 0.161. The maximum Gasteiger partial charge on any atom is 0.232 e. The van der Waals surface area contributed by atoms with E-state index in [0.29, 0.717) is 32.9 Å². The van der Waals surface area contributed by atoms with Crippen molar-refractivity contribution < 1.29 is 13.2 Å². The normalized spacial score (nSPS) is 11.2. The molecule has 0 unspecified atom stereocenters. The number of carbonyl (C=O) groups is 1. The van der Waals surface area contributed by atoms with Crippen LogP contribution in [0.4, 0.5) is 11.4 Å². The van der Waals surface area contributed by atoms with E-state index in [1.54, 1.807) is 42.5 Å². The zero-order chi connectivity index (χ0) is 19.3. The van der Waals surface area contributed by atoms with Crippen molar-refractivity contribution in [2.24, 2.45) is 0 Å². The van der Waals surface area contributed by atoms with Crippen LogP contribution in [0, 0.1) is 0 Å². The van der Waals surface area contributed by atoms with Crippen LogP contribution in [0.1, 0.15) is 12.8 Å². The summed E-state index contributed by atoms with van der Waals surface area (Å²) in [6, 6.07) is 11.3. The highest BCUT2D eigenvalue weighted by molar-refractivity contribution is 7.92. The van der Waals surface area contributed by atoms with Crippen molar-refractivity contribution in [2.45, 2.75) is 12.8 Å². The molecule has 0 aliphatic heterocycles. The Labute approximate surface area is 167 Å². The van der Waals surface area contributed by atoms with Crippen LogP contribution in [-0.2, 0) is 14.8 Å². The molecule has 0 spiro atoms. The molecule has 0 heterocycles. The van der Waals surface area contributed by atoms with Crippen molar-refractivity contribution in [1.29, 1.82) is 0 Å². The van der Waals surface area contributed by atoms with Crippen LogP contribution >= 0.6 is 34.8 Å². The zero-order valence-electron chi connectivity index (χ0n) is 13.9. The monoisotopic (exact) mass is 434 g/mol. The molecule has 0 saturated carbocycles. The maximum absolute atomic E-state index is 12.1. The number of benzene rings is 2. The van der Waals surface area contributed by atoms with Crippen LogP contribution in [0.3, 0.4) is 0 Å². The first kappa shape index (κ1) is 20.8. The Hall–Kier alpha value is -1.47. The molecule has 0 aliphatic carbocycles. The van der Waals surface area contributed by atoms with Gasteiger partial charge in [0, 0.05) is 23.7 Å². The number of carbonyl (C=O) groups excluding carboxylic acids is 1. The third kappa shape index (κ3) is 6.06. The Morgan fingerprint density at radius 2 is 1.81 bits per heavy atom. The minimum absolute atomic E-state index is 0.146. The summed E-state index contributed by atoms with van der Waals surface area (Å²) in [4.78, 5) is 12.1. The molecule has 140 valence electrons. The van der Waals surface area contributed by atoms with Crippen molar-refractivity contribution >= 4 is 62.1 Å². The van der Waals surface area contributed by atoms with E-state index in [2.05, 4.69) is 5.32 Å². The molecule has 26 heavy (non-hydrogen) atoms. The second-order valence-electron chi connectivity index (χ2n) is 5.60. The van der Waals surface area contributed by atoms with Crippen molar-refractivity contribution in [1.82, 2.24) is 0 Å². The van der Waals surface area contributed by atoms with Crippen molar-refractivity contribution in [3.8, 4) is 0 Å². The molecule has 5 nitrogen and oxygen atoms in total. The minimum atomic E-state index is -3.49. The number of rotatable bonds is 7. The number of amides is 1. The molecule has 0 atom stereocenters. The van der Waals surface area contributed by atoms with Gasteiger partial charge in [-0.2, -0.15) is 0 Å². The standard InChI is InChI=1S/C17H17Cl3N2O3S/c1-26(24,25)22(14-5-2-4-12(18)10-14)9-3-6-17(23)21-13-7-8-15(19)16(20)11-13/h2,4-5,7-8,10-11H,3,6,9H2,1H3,(H,21,23). The number of anilines is 2. The molecule has 0 radical (unpaired) electrons. The zero-order valence-corrected chi connectivity index (χ0v) is 17.0. The molecule has 0 bridgehead atoms. The number of hydrogen-bond donors (Lipinski definition) is 1. The van der Waals surface area contributed by atoms with Gasteiger partial charge in [-0.3, -0.25) is 9.10 Å². The number of hydrogen-bond acceptors (Lipinski definition) is 3. The molecule has 1 amide bonds. The predicted molar refractivity (Wildman–Crippen MR) is 108 cm³/mol. The molecule has 2 aromatic rings. The van der Waals surface area contributed by atoms with Gasteiger partial charge in [0.25, 0.3) is 0 Å². The lowest BCUT2D eigenvalue weighted by Crippen LogP contribution is -2.31. The minimum Gasteiger partial charge on any atom is -0.326 e. The lowest BCUT2D eigenvalue weighted by molar-refractivity contribution is -0.116. The Bertz CT molecular complexity index is 904. The largest absolute Gasteiger partial charge is 0.326 e.